The molecule has 0 aliphatic heterocycles. The molecule has 114 valence electrons. The molecule has 0 saturated heterocycles. The number of ketones is 1. The van der Waals surface area contributed by atoms with Gasteiger partial charge >= 0.3 is 0 Å². The van der Waals surface area contributed by atoms with Crippen molar-refractivity contribution < 1.29 is 4.79 Å². The summed E-state index contributed by atoms with van der Waals surface area (Å²) < 4.78 is 0. The molecule has 1 heteroatoms. The van der Waals surface area contributed by atoms with Gasteiger partial charge in [-0.1, -0.05) is 97.1 Å². The van der Waals surface area contributed by atoms with Gasteiger partial charge in [0.1, 0.15) is 0 Å². The third-order valence-corrected chi connectivity index (χ3v) is 4.29. The molecule has 0 atom stereocenters. The molecule has 0 saturated carbocycles. The van der Waals surface area contributed by atoms with Gasteiger partial charge in [0.25, 0.3) is 0 Å². The predicted molar refractivity (Wildman–Crippen MR) is 99.3 cm³/mol. The number of carbonyl (C=O) groups excluding carboxylic acids is 1. The summed E-state index contributed by atoms with van der Waals surface area (Å²) in [6.07, 6.45) is 0. The summed E-state index contributed by atoms with van der Waals surface area (Å²) in [6, 6.07) is 31.8. The summed E-state index contributed by atoms with van der Waals surface area (Å²) in [7, 11) is 0. The van der Waals surface area contributed by atoms with E-state index in [1.54, 1.807) is 0 Å². The summed E-state index contributed by atoms with van der Waals surface area (Å²) in [5.74, 6) is 0.0615. The molecule has 0 aliphatic carbocycles. The van der Waals surface area contributed by atoms with Crippen molar-refractivity contribution >= 4 is 16.6 Å². The third-order valence-electron chi connectivity index (χ3n) is 4.29. The van der Waals surface area contributed by atoms with Crippen LogP contribution in [0.2, 0.25) is 0 Å². The molecule has 0 unspecified atom stereocenters. The van der Waals surface area contributed by atoms with Crippen LogP contribution >= 0.6 is 0 Å². The first-order chi connectivity index (χ1) is 11.8. The highest BCUT2D eigenvalue weighted by Crippen LogP contribution is 2.31. The Hall–Kier alpha value is -3.19. The van der Waals surface area contributed by atoms with Crippen LogP contribution < -0.4 is 0 Å². The van der Waals surface area contributed by atoms with E-state index in [1.165, 1.54) is 0 Å². The highest BCUT2D eigenvalue weighted by molar-refractivity contribution is 6.17. The molecule has 0 bridgehead atoms. The van der Waals surface area contributed by atoms with Crippen molar-refractivity contribution in [3.8, 4) is 11.1 Å². The van der Waals surface area contributed by atoms with E-state index in [0.717, 1.165) is 33.0 Å². The van der Waals surface area contributed by atoms with Gasteiger partial charge in [-0.2, -0.15) is 0 Å². The number of hydrogen-bond donors (Lipinski definition) is 0. The fourth-order valence-corrected chi connectivity index (χ4v) is 3.12. The van der Waals surface area contributed by atoms with Crippen LogP contribution in [0.4, 0.5) is 0 Å². The van der Waals surface area contributed by atoms with Crippen molar-refractivity contribution in [3.05, 3.63) is 108 Å². The molecule has 4 aromatic carbocycles. The van der Waals surface area contributed by atoms with Crippen molar-refractivity contribution in [2.75, 3.05) is 0 Å². The number of hydrogen-bond acceptors (Lipinski definition) is 1. The molecular formula is C23H16O. The smallest absolute Gasteiger partial charge is 0.193 e. The van der Waals surface area contributed by atoms with Crippen LogP contribution in [0, 0.1) is 0 Å². The molecule has 4 aromatic rings. The van der Waals surface area contributed by atoms with Crippen LogP contribution in [0.5, 0.6) is 0 Å². The van der Waals surface area contributed by atoms with Gasteiger partial charge in [-0.25, -0.2) is 0 Å². The molecular weight excluding hydrogens is 292 g/mol. The Labute approximate surface area is 141 Å². The number of benzene rings is 4. The first kappa shape index (κ1) is 14.4. The SMILES string of the molecule is O=C(c1ccccc1)c1cccc2c(-c3ccccc3)cccc12. The molecule has 4 rings (SSSR count). The van der Waals surface area contributed by atoms with E-state index in [4.69, 9.17) is 0 Å². The predicted octanol–water partition coefficient (Wildman–Crippen LogP) is 5.74. The molecule has 0 fully saturated rings. The molecule has 0 aromatic heterocycles. The standard InChI is InChI=1S/C23H16O/c24-23(18-11-5-2-6-12-18)22-16-8-14-20-19(13-7-15-21(20)22)17-9-3-1-4-10-17/h1-16H. The highest BCUT2D eigenvalue weighted by Gasteiger charge is 2.13. The first-order valence-electron chi connectivity index (χ1n) is 8.01. The van der Waals surface area contributed by atoms with E-state index in [0.29, 0.717) is 0 Å². The second-order valence-corrected chi connectivity index (χ2v) is 5.77. The fourth-order valence-electron chi connectivity index (χ4n) is 3.12. The maximum Gasteiger partial charge on any atom is 0.193 e. The Morgan fingerprint density at radius 1 is 0.542 bits per heavy atom. The topological polar surface area (TPSA) is 17.1 Å². The minimum atomic E-state index is 0.0615. The van der Waals surface area contributed by atoms with Crippen LogP contribution in [-0.4, -0.2) is 5.78 Å². The lowest BCUT2D eigenvalue weighted by molar-refractivity contribution is 0.104. The van der Waals surface area contributed by atoms with E-state index in [-0.39, 0.29) is 5.78 Å². The number of fused-ring (bicyclic) bond motifs is 1. The lowest BCUT2D eigenvalue weighted by Crippen LogP contribution is -2.02. The Morgan fingerprint density at radius 2 is 1.17 bits per heavy atom. The summed E-state index contributed by atoms with van der Waals surface area (Å²) in [6.45, 7) is 0. The van der Waals surface area contributed by atoms with Gasteiger partial charge in [-0.05, 0) is 21.9 Å². The van der Waals surface area contributed by atoms with Gasteiger partial charge in [-0.15, -0.1) is 0 Å². The van der Waals surface area contributed by atoms with E-state index >= 15 is 0 Å². The van der Waals surface area contributed by atoms with Gasteiger partial charge in [0, 0.05) is 11.1 Å². The second-order valence-electron chi connectivity index (χ2n) is 5.77. The summed E-state index contributed by atoms with van der Waals surface area (Å²) in [5, 5.41) is 2.10. The molecule has 0 N–H and O–H groups in total. The maximum absolute atomic E-state index is 12.9. The van der Waals surface area contributed by atoms with Gasteiger partial charge in [0.05, 0.1) is 0 Å². The zero-order valence-corrected chi connectivity index (χ0v) is 13.1. The second kappa shape index (κ2) is 6.13. The first-order valence-corrected chi connectivity index (χ1v) is 8.01. The highest BCUT2D eigenvalue weighted by atomic mass is 16.1. The fraction of sp³-hybridized carbons (Fsp3) is 0. The van der Waals surface area contributed by atoms with Crippen molar-refractivity contribution in [2.45, 2.75) is 0 Å². The third kappa shape index (κ3) is 2.50. The largest absolute Gasteiger partial charge is 0.289 e. The minimum Gasteiger partial charge on any atom is -0.289 e. The van der Waals surface area contributed by atoms with Gasteiger partial charge in [0.2, 0.25) is 0 Å². The van der Waals surface area contributed by atoms with Crippen LogP contribution in [0.25, 0.3) is 21.9 Å². The van der Waals surface area contributed by atoms with Crippen LogP contribution in [0.3, 0.4) is 0 Å². The zero-order valence-electron chi connectivity index (χ0n) is 13.1. The Morgan fingerprint density at radius 3 is 1.92 bits per heavy atom. The molecule has 0 aliphatic rings. The molecule has 0 amide bonds. The van der Waals surface area contributed by atoms with Crippen molar-refractivity contribution in [3.63, 3.8) is 0 Å². The van der Waals surface area contributed by atoms with E-state index in [2.05, 4.69) is 24.3 Å². The van der Waals surface area contributed by atoms with Gasteiger partial charge in [0.15, 0.2) is 5.78 Å². The normalized spacial score (nSPS) is 10.7. The molecule has 0 heterocycles. The van der Waals surface area contributed by atoms with Gasteiger partial charge < -0.3 is 0 Å². The monoisotopic (exact) mass is 308 g/mol. The summed E-state index contributed by atoms with van der Waals surface area (Å²) in [5.41, 5.74) is 3.77. The van der Waals surface area contributed by atoms with Crippen molar-refractivity contribution in [1.29, 1.82) is 0 Å². The zero-order chi connectivity index (χ0) is 16.4. The molecule has 24 heavy (non-hydrogen) atoms. The lowest BCUT2D eigenvalue weighted by Gasteiger charge is -2.10. The summed E-state index contributed by atoms with van der Waals surface area (Å²) >= 11 is 0. The number of rotatable bonds is 3. The Balaban J connectivity index is 1.92. The Bertz CT molecular complexity index is 1000. The minimum absolute atomic E-state index is 0.0615. The van der Waals surface area contributed by atoms with E-state index < -0.39 is 0 Å². The summed E-state index contributed by atoms with van der Waals surface area (Å²) in [4.78, 5) is 12.9. The molecule has 0 spiro atoms. The molecule has 1 nitrogen and oxygen atoms in total. The van der Waals surface area contributed by atoms with Crippen molar-refractivity contribution in [1.82, 2.24) is 0 Å². The van der Waals surface area contributed by atoms with Crippen molar-refractivity contribution in [2.24, 2.45) is 0 Å². The van der Waals surface area contributed by atoms with Crippen LogP contribution in [0.1, 0.15) is 15.9 Å². The Kier molecular flexibility index (Phi) is 3.68. The van der Waals surface area contributed by atoms with E-state index in [9.17, 15) is 4.79 Å². The molecule has 0 radical (unpaired) electrons. The number of carbonyl (C=O) groups is 1. The van der Waals surface area contributed by atoms with Crippen LogP contribution in [0.15, 0.2) is 97.1 Å². The average Bonchev–Trinajstić information content (AvgIpc) is 2.68. The van der Waals surface area contributed by atoms with Gasteiger partial charge in [-0.3, -0.25) is 4.79 Å². The van der Waals surface area contributed by atoms with E-state index in [1.807, 2.05) is 72.8 Å². The van der Waals surface area contributed by atoms with Crippen LogP contribution in [-0.2, 0) is 0 Å². The lowest BCUT2D eigenvalue weighted by atomic mass is 9.92. The maximum atomic E-state index is 12.9. The quantitative estimate of drug-likeness (QED) is 0.441. The average molecular weight is 308 g/mol.